The Labute approximate surface area is 158 Å². The van der Waals surface area contributed by atoms with Crippen LogP contribution in [-0.2, 0) is 9.53 Å². The molecule has 0 radical (unpaired) electrons. The van der Waals surface area contributed by atoms with Gasteiger partial charge in [-0.15, -0.1) is 0 Å². The van der Waals surface area contributed by atoms with E-state index in [0.29, 0.717) is 23.7 Å². The Balaban J connectivity index is 1.80. The maximum Gasteiger partial charge on any atom is 0.339 e. The lowest BCUT2D eigenvalue weighted by atomic mass is 10.1. The molecule has 2 aromatic carbocycles. The van der Waals surface area contributed by atoms with E-state index in [2.05, 4.69) is 5.32 Å². The van der Waals surface area contributed by atoms with Gasteiger partial charge < -0.3 is 19.5 Å². The number of hydrogen-bond acceptors (Lipinski definition) is 5. The van der Waals surface area contributed by atoms with Gasteiger partial charge in [0.05, 0.1) is 19.3 Å². The third-order valence-corrected chi connectivity index (χ3v) is 4.19. The van der Waals surface area contributed by atoms with Crippen molar-refractivity contribution < 1.29 is 23.8 Å². The van der Waals surface area contributed by atoms with Gasteiger partial charge in [0.1, 0.15) is 0 Å². The summed E-state index contributed by atoms with van der Waals surface area (Å²) in [4.78, 5) is 25.3. The molecule has 0 heterocycles. The number of hydrogen-bond donors (Lipinski definition) is 1. The highest BCUT2D eigenvalue weighted by Crippen LogP contribution is 2.29. The first kappa shape index (κ1) is 18.8. The van der Waals surface area contributed by atoms with Crippen LogP contribution < -0.4 is 14.8 Å². The van der Waals surface area contributed by atoms with Gasteiger partial charge in [0.15, 0.2) is 11.5 Å². The van der Waals surface area contributed by atoms with Crippen molar-refractivity contribution in [2.45, 2.75) is 31.9 Å². The van der Waals surface area contributed by atoms with Gasteiger partial charge in [-0.25, -0.2) is 4.79 Å². The van der Waals surface area contributed by atoms with Crippen LogP contribution in [0.1, 0.15) is 41.8 Å². The number of amides is 1. The highest BCUT2D eigenvalue weighted by atomic mass is 16.5. The summed E-state index contributed by atoms with van der Waals surface area (Å²) in [7, 11) is 1.50. The second-order valence-electron chi connectivity index (χ2n) is 6.28. The zero-order chi connectivity index (χ0) is 19.2. The normalized spacial score (nSPS) is 14.1. The Morgan fingerprint density at radius 2 is 1.85 bits per heavy atom. The molecule has 1 amide bonds. The summed E-state index contributed by atoms with van der Waals surface area (Å²) in [6, 6.07) is 14.0. The molecular formula is C21H23NO5. The topological polar surface area (TPSA) is 73.9 Å². The zero-order valence-corrected chi connectivity index (χ0v) is 15.4. The van der Waals surface area contributed by atoms with Crippen LogP contribution >= 0.6 is 0 Å². The highest BCUT2D eigenvalue weighted by Gasteiger charge is 2.31. The van der Waals surface area contributed by atoms with E-state index in [0.717, 1.165) is 12.8 Å². The standard InChI is InChI=1S/C21H23NO5/c1-3-26-17-12-9-15(13-18(17)25-2)21(24)27-19(14-7-5-4-6-8-14)20(23)22-16-10-11-16/h4-9,12-13,16,19H,3,10-11H2,1-2H3,(H,22,23)/t19-/m1/s1. The minimum absolute atomic E-state index is 0.174. The van der Waals surface area contributed by atoms with Crippen molar-refractivity contribution in [2.75, 3.05) is 13.7 Å². The molecule has 0 spiro atoms. The number of methoxy groups -OCH3 is 1. The molecule has 27 heavy (non-hydrogen) atoms. The highest BCUT2D eigenvalue weighted by molar-refractivity contribution is 5.93. The minimum atomic E-state index is -1.00. The monoisotopic (exact) mass is 369 g/mol. The Morgan fingerprint density at radius 3 is 2.48 bits per heavy atom. The lowest BCUT2D eigenvalue weighted by molar-refractivity contribution is -0.130. The minimum Gasteiger partial charge on any atom is -0.493 e. The average Bonchev–Trinajstić information content (AvgIpc) is 3.51. The Morgan fingerprint density at radius 1 is 1.11 bits per heavy atom. The molecule has 0 bridgehead atoms. The molecule has 1 aliphatic rings. The molecule has 3 rings (SSSR count). The summed E-state index contributed by atoms with van der Waals surface area (Å²) in [5.74, 6) is 0.0683. The SMILES string of the molecule is CCOc1ccc(C(=O)O[C@@H](C(=O)NC2CC2)c2ccccc2)cc1OC. The Kier molecular flexibility index (Phi) is 5.96. The molecule has 1 saturated carbocycles. The molecule has 2 aromatic rings. The summed E-state index contributed by atoms with van der Waals surface area (Å²) in [5.41, 5.74) is 0.914. The quantitative estimate of drug-likeness (QED) is 0.723. The molecule has 1 N–H and O–H groups in total. The van der Waals surface area contributed by atoms with Crippen LogP contribution in [0, 0.1) is 0 Å². The van der Waals surface area contributed by atoms with Gasteiger partial charge in [0.2, 0.25) is 6.10 Å². The van der Waals surface area contributed by atoms with Gasteiger partial charge in [-0.3, -0.25) is 4.79 Å². The summed E-state index contributed by atoms with van der Waals surface area (Å²) in [6.07, 6.45) is 0.908. The molecule has 142 valence electrons. The van der Waals surface area contributed by atoms with Crippen molar-refractivity contribution in [1.82, 2.24) is 5.32 Å². The van der Waals surface area contributed by atoms with Crippen LogP contribution in [0.3, 0.4) is 0 Å². The van der Waals surface area contributed by atoms with E-state index in [1.165, 1.54) is 7.11 Å². The maximum atomic E-state index is 12.7. The number of carbonyl (C=O) groups is 2. The third kappa shape index (κ3) is 4.78. The average molecular weight is 369 g/mol. The second-order valence-corrected chi connectivity index (χ2v) is 6.28. The molecule has 1 fully saturated rings. The summed E-state index contributed by atoms with van der Waals surface area (Å²) in [6.45, 7) is 2.35. The number of carbonyl (C=O) groups excluding carboxylic acids is 2. The number of benzene rings is 2. The van der Waals surface area contributed by atoms with E-state index >= 15 is 0 Å². The van der Waals surface area contributed by atoms with Crippen LogP contribution in [0.25, 0.3) is 0 Å². The molecule has 0 aliphatic heterocycles. The summed E-state index contributed by atoms with van der Waals surface area (Å²) in [5, 5.41) is 2.90. The number of ether oxygens (including phenoxy) is 3. The fourth-order valence-electron chi connectivity index (χ4n) is 2.65. The fraction of sp³-hybridized carbons (Fsp3) is 0.333. The zero-order valence-electron chi connectivity index (χ0n) is 15.4. The van der Waals surface area contributed by atoms with Gasteiger partial charge in [-0.1, -0.05) is 30.3 Å². The summed E-state index contributed by atoms with van der Waals surface area (Å²) >= 11 is 0. The lowest BCUT2D eigenvalue weighted by Crippen LogP contribution is -2.33. The Bertz CT molecular complexity index is 801. The van der Waals surface area contributed by atoms with Crippen LogP contribution in [-0.4, -0.2) is 31.6 Å². The van der Waals surface area contributed by atoms with E-state index in [1.807, 2.05) is 13.0 Å². The first-order valence-corrected chi connectivity index (χ1v) is 8.99. The van der Waals surface area contributed by atoms with E-state index in [-0.39, 0.29) is 17.5 Å². The van der Waals surface area contributed by atoms with Crippen LogP contribution in [0.2, 0.25) is 0 Å². The van der Waals surface area contributed by atoms with Crippen molar-refractivity contribution >= 4 is 11.9 Å². The van der Waals surface area contributed by atoms with E-state index in [9.17, 15) is 9.59 Å². The fourth-order valence-corrected chi connectivity index (χ4v) is 2.65. The maximum absolute atomic E-state index is 12.7. The van der Waals surface area contributed by atoms with Crippen molar-refractivity contribution in [3.8, 4) is 11.5 Å². The van der Waals surface area contributed by atoms with Crippen LogP contribution in [0.15, 0.2) is 48.5 Å². The molecular weight excluding hydrogens is 346 g/mol. The van der Waals surface area contributed by atoms with Crippen molar-refractivity contribution in [3.63, 3.8) is 0 Å². The smallest absolute Gasteiger partial charge is 0.339 e. The second kappa shape index (κ2) is 8.58. The van der Waals surface area contributed by atoms with Gasteiger partial charge in [0, 0.05) is 11.6 Å². The summed E-state index contributed by atoms with van der Waals surface area (Å²) < 4.78 is 16.3. The van der Waals surface area contributed by atoms with E-state index in [1.54, 1.807) is 42.5 Å². The number of esters is 1. The van der Waals surface area contributed by atoms with E-state index in [4.69, 9.17) is 14.2 Å². The molecule has 0 unspecified atom stereocenters. The predicted molar refractivity (Wildman–Crippen MR) is 99.9 cm³/mol. The molecule has 6 heteroatoms. The molecule has 0 aromatic heterocycles. The number of rotatable bonds is 8. The first-order chi connectivity index (χ1) is 13.1. The largest absolute Gasteiger partial charge is 0.493 e. The van der Waals surface area contributed by atoms with Crippen molar-refractivity contribution in [3.05, 3.63) is 59.7 Å². The van der Waals surface area contributed by atoms with Gasteiger partial charge in [0.25, 0.3) is 5.91 Å². The first-order valence-electron chi connectivity index (χ1n) is 8.99. The Hall–Kier alpha value is -3.02. The van der Waals surface area contributed by atoms with Crippen LogP contribution in [0.5, 0.6) is 11.5 Å². The van der Waals surface area contributed by atoms with Crippen LogP contribution in [0.4, 0.5) is 0 Å². The van der Waals surface area contributed by atoms with Gasteiger partial charge >= 0.3 is 5.97 Å². The molecule has 6 nitrogen and oxygen atoms in total. The van der Waals surface area contributed by atoms with Crippen molar-refractivity contribution in [1.29, 1.82) is 0 Å². The molecule has 1 atom stereocenters. The molecule has 0 saturated heterocycles. The number of nitrogens with one attached hydrogen (secondary N) is 1. The lowest BCUT2D eigenvalue weighted by Gasteiger charge is -2.18. The van der Waals surface area contributed by atoms with E-state index < -0.39 is 12.1 Å². The third-order valence-electron chi connectivity index (χ3n) is 4.19. The van der Waals surface area contributed by atoms with Gasteiger partial charge in [-0.05, 0) is 38.0 Å². The van der Waals surface area contributed by atoms with Crippen molar-refractivity contribution in [2.24, 2.45) is 0 Å². The predicted octanol–water partition coefficient (Wildman–Crippen LogP) is 3.27. The molecule has 1 aliphatic carbocycles. The van der Waals surface area contributed by atoms with Gasteiger partial charge in [-0.2, -0.15) is 0 Å².